The van der Waals surface area contributed by atoms with Crippen LogP contribution in [0.4, 0.5) is 13.2 Å². The molecule has 31 heavy (non-hydrogen) atoms. The van der Waals surface area contributed by atoms with E-state index in [4.69, 9.17) is 4.42 Å². The first-order valence-corrected chi connectivity index (χ1v) is 10.9. The van der Waals surface area contributed by atoms with Gasteiger partial charge in [-0.25, -0.2) is 4.99 Å². The topological polar surface area (TPSA) is 52.8 Å². The number of likely N-dealkylation sites (tertiary alicyclic amines) is 1. The van der Waals surface area contributed by atoms with E-state index in [1.807, 2.05) is 12.1 Å². The maximum Gasteiger partial charge on any atom is 0.416 e. The van der Waals surface area contributed by atoms with E-state index in [0.717, 1.165) is 56.8 Å². The highest BCUT2D eigenvalue weighted by molar-refractivity contribution is 5.80. The van der Waals surface area contributed by atoms with E-state index < -0.39 is 11.7 Å². The van der Waals surface area contributed by atoms with Gasteiger partial charge in [0.25, 0.3) is 0 Å². The van der Waals surface area contributed by atoms with Crippen LogP contribution in [0.15, 0.2) is 52.1 Å². The zero-order valence-electron chi connectivity index (χ0n) is 17.9. The zero-order chi connectivity index (χ0) is 22.1. The van der Waals surface area contributed by atoms with E-state index in [9.17, 15) is 13.2 Å². The normalized spacial score (nSPS) is 16.5. The van der Waals surface area contributed by atoms with Crippen LogP contribution in [0.3, 0.4) is 0 Å². The molecule has 3 rings (SSSR count). The fourth-order valence-corrected chi connectivity index (χ4v) is 3.74. The summed E-state index contributed by atoms with van der Waals surface area (Å²) in [6.45, 7) is 6.18. The summed E-state index contributed by atoms with van der Waals surface area (Å²) in [5, 5.41) is 6.77. The monoisotopic (exact) mass is 436 g/mol. The lowest BCUT2D eigenvalue weighted by Gasteiger charge is -2.32. The van der Waals surface area contributed by atoms with Gasteiger partial charge in [0, 0.05) is 32.1 Å². The Bertz CT molecular complexity index is 812. The maximum absolute atomic E-state index is 13.0. The van der Waals surface area contributed by atoms with Crippen molar-refractivity contribution in [3.63, 3.8) is 0 Å². The molecule has 2 aromatic rings. The first-order chi connectivity index (χ1) is 14.9. The molecule has 1 saturated heterocycles. The number of benzene rings is 1. The minimum absolute atomic E-state index is 0.175. The highest BCUT2D eigenvalue weighted by Gasteiger charge is 2.30. The summed E-state index contributed by atoms with van der Waals surface area (Å²) < 4.78 is 44.3. The largest absolute Gasteiger partial charge is 0.469 e. The number of piperidine rings is 1. The summed E-state index contributed by atoms with van der Waals surface area (Å²) in [5.74, 6) is 1.50. The fraction of sp³-hybridized carbons (Fsp3) is 0.522. The van der Waals surface area contributed by atoms with Gasteiger partial charge in [-0.3, -0.25) is 0 Å². The van der Waals surface area contributed by atoms with Crippen LogP contribution in [0.25, 0.3) is 0 Å². The van der Waals surface area contributed by atoms with Crippen LogP contribution in [0, 0.1) is 0 Å². The molecule has 170 valence electrons. The van der Waals surface area contributed by atoms with Crippen molar-refractivity contribution in [3.8, 4) is 0 Å². The third-order valence-corrected chi connectivity index (χ3v) is 5.39. The van der Waals surface area contributed by atoms with Crippen LogP contribution >= 0.6 is 0 Å². The maximum atomic E-state index is 13.0. The van der Waals surface area contributed by atoms with E-state index in [1.54, 1.807) is 12.3 Å². The predicted octanol–water partition coefficient (Wildman–Crippen LogP) is 4.45. The summed E-state index contributed by atoms with van der Waals surface area (Å²) in [6, 6.07) is 9.39. The predicted molar refractivity (Wildman–Crippen MR) is 116 cm³/mol. The van der Waals surface area contributed by atoms with Crippen LogP contribution < -0.4 is 10.6 Å². The number of nitrogens with one attached hydrogen (secondary N) is 2. The molecule has 1 fully saturated rings. The van der Waals surface area contributed by atoms with Gasteiger partial charge in [-0.05, 0) is 55.6 Å². The Kier molecular flexibility index (Phi) is 8.40. The highest BCUT2D eigenvalue weighted by atomic mass is 19.4. The molecular weight excluding hydrogens is 405 g/mol. The van der Waals surface area contributed by atoms with Crippen molar-refractivity contribution in [2.24, 2.45) is 4.99 Å². The van der Waals surface area contributed by atoms with Crippen LogP contribution in [0.1, 0.15) is 43.1 Å². The highest BCUT2D eigenvalue weighted by Crippen LogP contribution is 2.29. The standard InChI is InChI=1S/C23H31F3N4O/c1-2-12-30-13-9-20(10-14-30)29-22(27-11-8-21-7-4-15-31-21)28-17-18-5-3-6-19(16-18)23(24,25)26/h3-7,15-16,20H,2,8-14,17H2,1H3,(H2,27,28,29). The van der Waals surface area contributed by atoms with E-state index in [2.05, 4.69) is 27.4 Å². The lowest BCUT2D eigenvalue weighted by molar-refractivity contribution is -0.137. The summed E-state index contributed by atoms with van der Waals surface area (Å²) in [4.78, 5) is 7.03. The molecule has 0 amide bonds. The van der Waals surface area contributed by atoms with Crippen molar-refractivity contribution in [2.45, 2.75) is 51.4 Å². The summed E-state index contributed by atoms with van der Waals surface area (Å²) in [7, 11) is 0. The molecule has 5 nitrogen and oxygen atoms in total. The van der Waals surface area contributed by atoms with Gasteiger partial charge in [0.1, 0.15) is 5.76 Å². The van der Waals surface area contributed by atoms with Crippen molar-refractivity contribution in [1.82, 2.24) is 15.5 Å². The number of alkyl halides is 3. The Hall–Kier alpha value is -2.48. The zero-order valence-corrected chi connectivity index (χ0v) is 17.9. The average Bonchev–Trinajstić information content (AvgIpc) is 3.26. The van der Waals surface area contributed by atoms with E-state index >= 15 is 0 Å². The van der Waals surface area contributed by atoms with Crippen LogP contribution in [-0.2, 0) is 19.1 Å². The number of guanidine groups is 1. The molecular formula is C23H31F3N4O. The van der Waals surface area contributed by atoms with Gasteiger partial charge in [0.2, 0.25) is 0 Å². The fourth-order valence-electron chi connectivity index (χ4n) is 3.74. The first-order valence-electron chi connectivity index (χ1n) is 10.9. The Morgan fingerprint density at radius 3 is 2.68 bits per heavy atom. The minimum Gasteiger partial charge on any atom is -0.469 e. The Morgan fingerprint density at radius 1 is 1.19 bits per heavy atom. The molecule has 0 unspecified atom stereocenters. The molecule has 0 atom stereocenters. The van der Waals surface area contributed by atoms with Gasteiger partial charge in [-0.2, -0.15) is 13.2 Å². The van der Waals surface area contributed by atoms with E-state index in [1.165, 1.54) is 6.07 Å². The second-order valence-corrected chi connectivity index (χ2v) is 7.88. The third-order valence-electron chi connectivity index (χ3n) is 5.39. The van der Waals surface area contributed by atoms with Gasteiger partial charge >= 0.3 is 6.18 Å². The second-order valence-electron chi connectivity index (χ2n) is 7.88. The average molecular weight is 437 g/mol. The first kappa shape index (κ1) is 23.2. The number of rotatable bonds is 8. The summed E-state index contributed by atoms with van der Waals surface area (Å²) >= 11 is 0. The van der Waals surface area contributed by atoms with Crippen molar-refractivity contribution in [3.05, 3.63) is 59.5 Å². The lowest BCUT2D eigenvalue weighted by atomic mass is 10.1. The van der Waals surface area contributed by atoms with E-state index in [0.29, 0.717) is 30.5 Å². The molecule has 1 aliphatic heterocycles. The summed E-state index contributed by atoms with van der Waals surface area (Å²) in [5.41, 5.74) is -0.122. The molecule has 0 aliphatic carbocycles. The molecule has 0 radical (unpaired) electrons. The molecule has 2 N–H and O–H groups in total. The van der Waals surface area contributed by atoms with Crippen LogP contribution in [0.2, 0.25) is 0 Å². The minimum atomic E-state index is -4.35. The van der Waals surface area contributed by atoms with Crippen LogP contribution in [0.5, 0.6) is 0 Å². The van der Waals surface area contributed by atoms with Crippen molar-refractivity contribution < 1.29 is 17.6 Å². The number of nitrogens with zero attached hydrogens (tertiary/aromatic N) is 2. The van der Waals surface area contributed by atoms with Gasteiger partial charge in [-0.15, -0.1) is 0 Å². The Balaban J connectivity index is 1.62. The second kappa shape index (κ2) is 11.2. The SMILES string of the molecule is CCCN1CCC(NC(=NCc2cccc(C(F)(F)F)c2)NCCc2ccco2)CC1. The van der Waals surface area contributed by atoms with Crippen molar-refractivity contribution in [2.75, 3.05) is 26.2 Å². The third kappa shape index (κ3) is 7.61. The molecule has 1 aromatic carbocycles. The summed E-state index contributed by atoms with van der Waals surface area (Å²) in [6.07, 6.45) is 1.17. The Labute approximate surface area is 181 Å². The molecule has 0 bridgehead atoms. The number of furan rings is 1. The quantitative estimate of drug-likeness (QED) is 0.474. The molecule has 2 heterocycles. The molecule has 1 aromatic heterocycles. The van der Waals surface area contributed by atoms with Crippen molar-refractivity contribution >= 4 is 5.96 Å². The number of aliphatic imine (C=N–C) groups is 1. The van der Waals surface area contributed by atoms with Crippen LogP contribution in [-0.4, -0.2) is 43.1 Å². The van der Waals surface area contributed by atoms with E-state index in [-0.39, 0.29) is 6.54 Å². The molecule has 0 spiro atoms. The van der Waals surface area contributed by atoms with Gasteiger partial charge in [0.05, 0.1) is 18.4 Å². The smallest absolute Gasteiger partial charge is 0.416 e. The molecule has 0 saturated carbocycles. The lowest BCUT2D eigenvalue weighted by Crippen LogP contribution is -2.49. The number of halogens is 3. The van der Waals surface area contributed by atoms with Gasteiger partial charge in [-0.1, -0.05) is 19.1 Å². The number of hydrogen-bond acceptors (Lipinski definition) is 3. The van der Waals surface area contributed by atoms with Gasteiger partial charge in [0.15, 0.2) is 5.96 Å². The van der Waals surface area contributed by atoms with Crippen molar-refractivity contribution in [1.29, 1.82) is 0 Å². The molecule has 1 aliphatic rings. The molecule has 8 heteroatoms. The van der Waals surface area contributed by atoms with Gasteiger partial charge < -0.3 is 20.0 Å². The Morgan fingerprint density at radius 2 is 2.00 bits per heavy atom. The number of hydrogen-bond donors (Lipinski definition) is 2.